The molecule has 3 aromatic rings. The largest absolute Gasteiger partial charge is 0.455 e. The number of rotatable bonds is 5. The molecule has 0 aliphatic heterocycles. The summed E-state index contributed by atoms with van der Waals surface area (Å²) >= 11 is 0. The summed E-state index contributed by atoms with van der Waals surface area (Å²) in [5.74, 6) is 0.843. The van der Waals surface area contributed by atoms with Crippen molar-refractivity contribution in [1.82, 2.24) is 14.9 Å². The summed E-state index contributed by atoms with van der Waals surface area (Å²) in [7, 11) is 0. The van der Waals surface area contributed by atoms with E-state index in [1.54, 1.807) is 30.3 Å². The zero-order valence-electron chi connectivity index (χ0n) is 11.2. The molecule has 3 rings (SSSR count). The van der Waals surface area contributed by atoms with Crippen LogP contribution in [0.1, 0.15) is 5.76 Å². The Morgan fingerprint density at radius 1 is 1.32 bits per heavy atom. The minimum atomic E-state index is -0.447. The highest BCUT2D eigenvalue weighted by atomic mass is 16.6. The number of nitro groups is 1. The molecule has 1 aromatic carbocycles. The number of nitrogens with zero attached hydrogens (tertiary/aromatic N) is 5. The number of benzene rings is 1. The van der Waals surface area contributed by atoms with Crippen LogP contribution in [0.3, 0.4) is 0 Å². The molecule has 0 unspecified atom stereocenters. The average molecular weight is 298 g/mol. The number of hydrazone groups is 1. The first kappa shape index (κ1) is 13.5. The molecule has 0 radical (unpaired) electrons. The lowest BCUT2D eigenvalue weighted by atomic mass is 10.1. The fourth-order valence-electron chi connectivity index (χ4n) is 1.82. The molecule has 2 aromatic heterocycles. The van der Waals surface area contributed by atoms with E-state index in [9.17, 15) is 10.1 Å². The summed E-state index contributed by atoms with van der Waals surface area (Å²) in [4.78, 5) is 15.6. The molecule has 0 amide bonds. The van der Waals surface area contributed by atoms with Crippen LogP contribution in [0.25, 0.3) is 11.3 Å². The summed E-state index contributed by atoms with van der Waals surface area (Å²) in [5.41, 5.74) is 3.00. The fraction of sp³-hybridized carbons (Fsp3) is 0. The molecule has 0 saturated carbocycles. The van der Waals surface area contributed by atoms with Crippen LogP contribution in [-0.4, -0.2) is 26.0 Å². The standard InChI is InChI=1S/C13H10N6O3/c20-19(21)12-4-2-1-3-11(12)13-6-5-10(22-13)7-15-17-18-9-14-8-16-18/h1-9,17H. The van der Waals surface area contributed by atoms with Gasteiger partial charge in [0.15, 0.2) is 0 Å². The lowest BCUT2D eigenvalue weighted by Crippen LogP contribution is -2.08. The Kier molecular flexibility index (Phi) is 3.60. The Morgan fingerprint density at radius 2 is 2.18 bits per heavy atom. The Bertz CT molecular complexity index is 809. The summed E-state index contributed by atoms with van der Waals surface area (Å²) in [6.07, 6.45) is 4.24. The zero-order valence-corrected chi connectivity index (χ0v) is 11.2. The highest BCUT2D eigenvalue weighted by Crippen LogP contribution is 2.30. The van der Waals surface area contributed by atoms with Crippen LogP contribution in [0.5, 0.6) is 0 Å². The molecule has 9 nitrogen and oxygen atoms in total. The smallest absolute Gasteiger partial charge is 0.280 e. The van der Waals surface area contributed by atoms with E-state index < -0.39 is 4.92 Å². The van der Waals surface area contributed by atoms with Crippen LogP contribution in [0.4, 0.5) is 5.69 Å². The monoisotopic (exact) mass is 298 g/mol. The van der Waals surface area contributed by atoms with Crippen molar-refractivity contribution in [2.45, 2.75) is 0 Å². The van der Waals surface area contributed by atoms with Gasteiger partial charge in [-0.2, -0.15) is 10.6 Å². The molecule has 110 valence electrons. The summed E-state index contributed by atoms with van der Waals surface area (Å²) < 4.78 is 5.54. The van der Waals surface area contributed by atoms with Crippen molar-refractivity contribution in [3.63, 3.8) is 0 Å². The number of nitro benzene ring substituents is 1. The van der Waals surface area contributed by atoms with Gasteiger partial charge in [0.1, 0.15) is 24.2 Å². The molecule has 2 heterocycles. The Hall–Kier alpha value is -3.49. The molecule has 0 saturated heterocycles. The Balaban J connectivity index is 1.79. The van der Waals surface area contributed by atoms with Crippen LogP contribution in [0.2, 0.25) is 0 Å². The molecular formula is C13H10N6O3. The zero-order chi connectivity index (χ0) is 15.4. The van der Waals surface area contributed by atoms with Crippen LogP contribution in [-0.2, 0) is 0 Å². The molecule has 9 heteroatoms. The Morgan fingerprint density at radius 3 is 2.95 bits per heavy atom. The van der Waals surface area contributed by atoms with E-state index in [0.717, 1.165) is 0 Å². The maximum atomic E-state index is 11.0. The third kappa shape index (κ3) is 2.82. The van der Waals surface area contributed by atoms with Crippen LogP contribution >= 0.6 is 0 Å². The van der Waals surface area contributed by atoms with Crippen LogP contribution in [0.15, 0.2) is 58.6 Å². The second kappa shape index (κ2) is 5.87. The molecule has 0 aliphatic rings. The van der Waals surface area contributed by atoms with E-state index in [0.29, 0.717) is 17.1 Å². The molecule has 0 bridgehead atoms. The summed E-state index contributed by atoms with van der Waals surface area (Å²) in [6.45, 7) is 0. The van der Waals surface area contributed by atoms with Gasteiger partial charge in [0, 0.05) is 6.07 Å². The molecule has 0 aliphatic carbocycles. The predicted octanol–water partition coefficient (Wildman–Crippen LogP) is 2.02. The fourth-order valence-corrected chi connectivity index (χ4v) is 1.82. The average Bonchev–Trinajstić information content (AvgIpc) is 3.19. The molecular weight excluding hydrogens is 288 g/mol. The van der Waals surface area contributed by atoms with Crippen molar-refractivity contribution in [1.29, 1.82) is 0 Å². The molecule has 0 atom stereocenters. The number of furan rings is 1. The molecule has 0 fully saturated rings. The topological polar surface area (TPSA) is 111 Å². The van der Waals surface area contributed by atoms with Gasteiger partial charge in [-0.15, -0.1) is 9.89 Å². The van der Waals surface area contributed by atoms with E-state index >= 15 is 0 Å². The minimum absolute atomic E-state index is 0.0129. The maximum Gasteiger partial charge on any atom is 0.280 e. The van der Waals surface area contributed by atoms with Crippen molar-refractivity contribution in [3.8, 4) is 11.3 Å². The number of hydrogen-bond donors (Lipinski definition) is 1. The lowest BCUT2D eigenvalue weighted by molar-refractivity contribution is -0.384. The third-order valence-corrected chi connectivity index (χ3v) is 2.76. The highest BCUT2D eigenvalue weighted by molar-refractivity contribution is 5.78. The van der Waals surface area contributed by atoms with Gasteiger partial charge in [-0.05, 0) is 18.2 Å². The van der Waals surface area contributed by atoms with Crippen molar-refractivity contribution < 1.29 is 9.34 Å². The second-order valence-electron chi connectivity index (χ2n) is 4.17. The number of hydrogen-bond acceptors (Lipinski definition) is 7. The SMILES string of the molecule is O=[N+]([O-])c1ccccc1-c1ccc(C=NNn2cncn2)o1. The third-order valence-electron chi connectivity index (χ3n) is 2.76. The van der Waals surface area contributed by atoms with Gasteiger partial charge in [-0.25, -0.2) is 4.98 Å². The van der Waals surface area contributed by atoms with E-state index in [1.165, 1.54) is 29.7 Å². The van der Waals surface area contributed by atoms with Crippen LogP contribution in [0, 0.1) is 10.1 Å². The lowest BCUT2D eigenvalue weighted by Gasteiger charge is -1.98. The maximum absolute atomic E-state index is 11.0. The quantitative estimate of drug-likeness (QED) is 0.438. The van der Waals surface area contributed by atoms with Gasteiger partial charge in [0.05, 0.1) is 16.7 Å². The highest BCUT2D eigenvalue weighted by Gasteiger charge is 2.16. The van der Waals surface area contributed by atoms with Gasteiger partial charge in [0.2, 0.25) is 0 Å². The first-order valence-corrected chi connectivity index (χ1v) is 6.21. The number of aromatic nitrogens is 3. The van der Waals surface area contributed by atoms with Crippen molar-refractivity contribution in [2.24, 2.45) is 5.10 Å². The number of para-hydroxylation sites is 1. The van der Waals surface area contributed by atoms with E-state index in [2.05, 4.69) is 20.7 Å². The van der Waals surface area contributed by atoms with Crippen molar-refractivity contribution in [3.05, 3.63) is 64.9 Å². The molecule has 22 heavy (non-hydrogen) atoms. The molecule has 1 N–H and O–H groups in total. The van der Waals surface area contributed by atoms with E-state index in [1.807, 2.05) is 0 Å². The van der Waals surface area contributed by atoms with Crippen molar-refractivity contribution >= 4 is 11.9 Å². The van der Waals surface area contributed by atoms with Gasteiger partial charge in [-0.1, -0.05) is 12.1 Å². The predicted molar refractivity (Wildman–Crippen MR) is 77.8 cm³/mol. The van der Waals surface area contributed by atoms with Crippen molar-refractivity contribution in [2.75, 3.05) is 5.53 Å². The first-order valence-electron chi connectivity index (χ1n) is 6.21. The Labute approximate surface area is 124 Å². The van der Waals surface area contributed by atoms with Crippen LogP contribution < -0.4 is 5.53 Å². The van der Waals surface area contributed by atoms with Gasteiger partial charge in [0.25, 0.3) is 5.69 Å². The van der Waals surface area contributed by atoms with E-state index in [-0.39, 0.29) is 5.69 Å². The first-order chi connectivity index (χ1) is 10.7. The minimum Gasteiger partial charge on any atom is -0.455 e. The second-order valence-corrected chi connectivity index (χ2v) is 4.17. The number of nitrogens with one attached hydrogen (secondary N) is 1. The summed E-state index contributed by atoms with van der Waals surface area (Å²) in [6, 6.07) is 9.70. The van der Waals surface area contributed by atoms with Gasteiger partial charge in [-0.3, -0.25) is 10.1 Å². The normalized spacial score (nSPS) is 10.9. The molecule has 0 spiro atoms. The summed E-state index contributed by atoms with van der Waals surface area (Å²) in [5, 5.41) is 18.7. The van der Waals surface area contributed by atoms with Gasteiger partial charge >= 0.3 is 0 Å². The van der Waals surface area contributed by atoms with E-state index in [4.69, 9.17) is 4.42 Å². The van der Waals surface area contributed by atoms with Gasteiger partial charge < -0.3 is 4.42 Å².